The zero-order valence-corrected chi connectivity index (χ0v) is 15.9. The normalized spacial score (nSPS) is 11.6. The van der Waals surface area contributed by atoms with Crippen LogP contribution in [-0.4, -0.2) is 23.7 Å². The van der Waals surface area contributed by atoms with Gasteiger partial charge in [0, 0.05) is 5.69 Å². The van der Waals surface area contributed by atoms with Crippen molar-refractivity contribution in [2.24, 2.45) is 0 Å². The Labute approximate surface area is 151 Å². The smallest absolute Gasteiger partial charge is 0.328 e. The summed E-state index contributed by atoms with van der Waals surface area (Å²) >= 11 is 5.34. The van der Waals surface area contributed by atoms with E-state index >= 15 is 0 Å². The summed E-state index contributed by atoms with van der Waals surface area (Å²) in [5, 5.41) is 6.67. The number of unbranched alkanes of at least 4 members (excludes halogenated alkanes) is 2. The number of nitrogens with one attached hydrogen (secondary N) is 2. The molecule has 0 saturated heterocycles. The summed E-state index contributed by atoms with van der Waals surface area (Å²) in [6.07, 6.45) is 6.18. The average molecular weight is 351 g/mol. The van der Waals surface area contributed by atoms with Crippen LogP contribution < -0.4 is 10.6 Å². The van der Waals surface area contributed by atoms with Gasteiger partial charge >= 0.3 is 5.97 Å². The molecular weight excluding hydrogens is 320 g/mol. The van der Waals surface area contributed by atoms with Crippen molar-refractivity contribution in [3.63, 3.8) is 0 Å². The minimum atomic E-state index is -0.395. The fraction of sp³-hybridized carbons (Fsp3) is 0.579. The Morgan fingerprint density at radius 3 is 2.38 bits per heavy atom. The average Bonchev–Trinajstić information content (AvgIpc) is 2.58. The minimum absolute atomic E-state index is 0.245. The van der Waals surface area contributed by atoms with Crippen LogP contribution in [0.4, 0.5) is 5.69 Å². The second kappa shape index (κ2) is 11.8. The maximum atomic E-state index is 12.0. The maximum Gasteiger partial charge on any atom is 0.328 e. The molecule has 0 aliphatic carbocycles. The van der Waals surface area contributed by atoms with Crippen LogP contribution in [0.3, 0.4) is 0 Å². The van der Waals surface area contributed by atoms with Gasteiger partial charge in [-0.15, -0.1) is 0 Å². The Bertz CT molecular complexity index is 503. The molecule has 1 rings (SSSR count). The van der Waals surface area contributed by atoms with Crippen molar-refractivity contribution in [1.82, 2.24) is 5.32 Å². The number of ether oxygens (including phenoxy) is 1. The Balaban J connectivity index is 2.56. The highest BCUT2D eigenvalue weighted by Gasteiger charge is 2.19. The van der Waals surface area contributed by atoms with E-state index in [9.17, 15) is 4.79 Å². The van der Waals surface area contributed by atoms with E-state index in [1.807, 2.05) is 19.1 Å². The summed E-state index contributed by atoms with van der Waals surface area (Å²) in [6, 6.07) is 7.87. The first kappa shape index (κ1) is 20.4. The number of carbonyl (C=O) groups is 1. The lowest BCUT2D eigenvalue weighted by atomic mass is 10.1. The number of hydrogen-bond acceptors (Lipinski definition) is 3. The van der Waals surface area contributed by atoms with Crippen LogP contribution in [0.5, 0.6) is 0 Å². The van der Waals surface area contributed by atoms with Gasteiger partial charge in [-0.3, -0.25) is 0 Å². The van der Waals surface area contributed by atoms with Gasteiger partial charge in [-0.05, 0) is 56.1 Å². The molecule has 5 heteroatoms. The quantitative estimate of drug-likeness (QED) is 0.483. The largest absolute Gasteiger partial charge is 0.464 e. The molecule has 0 aliphatic rings. The van der Waals surface area contributed by atoms with E-state index in [1.165, 1.54) is 18.4 Å². The number of thiocarbonyl (C=S) groups is 1. The Morgan fingerprint density at radius 1 is 1.12 bits per heavy atom. The second-order valence-corrected chi connectivity index (χ2v) is 6.25. The summed E-state index contributed by atoms with van der Waals surface area (Å²) in [5.74, 6) is -0.245. The monoisotopic (exact) mass is 350 g/mol. The fourth-order valence-electron chi connectivity index (χ4n) is 2.36. The van der Waals surface area contributed by atoms with Gasteiger partial charge in [0.2, 0.25) is 0 Å². The maximum absolute atomic E-state index is 12.0. The number of rotatable bonds is 10. The SMILES string of the molecule is CCCCc1ccc(NC(=S)NC(CCCC)C(=O)OCC)cc1. The number of esters is 1. The first-order chi connectivity index (χ1) is 11.6. The molecule has 1 aromatic rings. The third kappa shape index (κ3) is 7.77. The second-order valence-electron chi connectivity index (χ2n) is 5.85. The van der Waals surface area contributed by atoms with E-state index in [-0.39, 0.29) is 5.97 Å². The topological polar surface area (TPSA) is 50.4 Å². The van der Waals surface area contributed by atoms with E-state index in [0.717, 1.165) is 24.9 Å². The lowest BCUT2D eigenvalue weighted by Gasteiger charge is -2.19. The zero-order chi connectivity index (χ0) is 17.8. The molecule has 24 heavy (non-hydrogen) atoms. The molecule has 4 nitrogen and oxygen atoms in total. The third-order valence-electron chi connectivity index (χ3n) is 3.75. The lowest BCUT2D eigenvalue weighted by molar-refractivity contribution is -0.145. The van der Waals surface area contributed by atoms with Crippen LogP contribution in [0.15, 0.2) is 24.3 Å². The van der Waals surface area contributed by atoms with Crippen LogP contribution >= 0.6 is 12.2 Å². The number of aryl methyl sites for hydroxylation is 1. The molecular formula is C19H30N2O2S. The first-order valence-electron chi connectivity index (χ1n) is 8.93. The van der Waals surface area contributed by atoms with Gasteiger partial charge in [0.05, 0.1) is 6.61 Å². The van der Waals surface area contributed by atoms with Crippen LogP contribution in [-0.2, 0) is 16.0 Å². The van der Waals surface area contributed by atoms with Gasteiger partial charge in [-0.1, -0.05) is 45.2 Å². The highest BCUT2D eigenvalue weighted by molar-refractivity contribution is 7.80. The van der Waals surface area contributed by atoms with Gasteiger partial charge in [-0.25, -0.2) is 4.79 Å². The molecule has 1 aromatic carbocycles. The molecule has 2 N–H and O–H groups in total. The lowest BCUT2D eigenvalue weighted by Crippen LogP contribution is -2.43. The summed E-state index contributed by atoms with van der Waals surface area (Å²) in [7, 11) is 0. The van der Waals surface area contributed by atoms with Crippen molar-refractivity contribution < 1.29 is 9.53 Å². The van der Waals surface area contributed by atoms with Crippen molar-refractivity contribution >= 4 is 29.0 Å². The number of hydrogen-bond donors (Lipinski definition) is 2. The molecule has 0 spiro atoms. The minimum Gasteiger partial charge on any atom is -0.464 e. The van der Waals surface area contributed by atoms with Crippen molar-refractivity contribution in [2.75, 3.05) is 11.9 Å². The van der Waals surface area contributed by atoms with Crippen LogP contribution in [0, 0.1) is 0 Å². The Kier molecular flexibility index (Phi) is 10.1. The highest BCUT2D eigenvalue weighted by Crippen LogP contribution is 2.12. The van der Waals surface area contributed by atoms with E-state index in [2.05, 4.69) is 36.6 Å². The van der Waals surface area contributed by atoms with Gasteiger partial charge in [0.25, 0.3) is 0 Å². The van der Waals surface area contributed by atoms with Crippen molar-refractivity contribution in [2.45, 2.75) is 65.3 Å². The molecule has 0 aliphatic heterocycles. The van der Waals surface area contributed by atoms with Crippen LogP contribution in [0.1, 0.15) is 58.4 Å². The molecule has 1 atom stereocenters. The first-order valence-corrected chi connectivity index (χ1v) is 9.34. The third-order valence-corrected chi connectivity index (χ3v) is 3.97. The van der Waals surface area contributed by atoms with E-state index in [1.54, 1.807) is 0 Å². The summed E-state index contributed by atoms with van der Waals surface area (Å²) in [5.41, 5.74) is 2.25. The van der Waals surface area contributed by atoms with Gasteiger partial charge < -0.3 is 15.4 Å². The highest BCUT2D eigenvalue weighted by atomic mass is 32.1. The molecule has 0 heterocycles. The molecule has 0 radical (unpaired) electrons. The zero-order valence-electron chi connectivity index (χ0n) is 15.1. The molecule has 134 valence electrons. The molecule has 0 amide bonds. The predicted octanol–water partition coefficient (Wildman–Crippen LogP) is 4.44. The van der Waals surface area contributed by atoms with Crippen molar-refractivity contribution in [1.29, 1.82) is 0 Å². The molecule has 0 saturated carbocycles. The predicted molar refractivity (Wildman–Crippen MR) is 104 cm³/mol. The van der Waals surface area contributed by atoms with Crippen LogP contribution in [0.2, 0.25) is 0 Å². The summed E-state index contributed by atoms with van der Waals surface area (Å²) in [4.78, 5) is 12.0. The van der Waals surface area contributed by atoms with Gasteiger partial charge in [-0.2, -0.15) is 0 Å². The van der Waals surface area contributed by atoms with Crippen molar-refractivity contribution in [3.05, 3.63) is 29.8 Å². The van der Waals surface area contributed by atoms with Crippen LogP contribution in [0.25, 0.3) is 0 Å². The van der Waals surface area contributed by atoms with E-state index in [4.69, 9.17) is 17.0 Å². The number of carbonyl (C=O) groups excluding carboxylic acids is 1. The molecule has 0 fully saturated rings. The summed E-state index contributed by atoms with van der Waals surface area (Å²) < 4.78 is 5.12. The van der Waals surface area contributed by atoms with E-state index in [0.29, 0.717) is 18.1 Å². The van der Waals surface area contributed by atoms with Gasteiger partial charge in [0.15, 0.2) is 5.11 Å². The van der Waals surface area contributed by atoms with Gasteiger partial charge in [0.1, 0.15) is 6.04 Å². The molecule has 1 unspecified atom stereocenters. The molecule has 0 bridgehead atoms. The molecule has 0 aromatic heterocycles. The fourth-order valence-corrected chi connectivity index (χ4v) is 2.62. The van der Waals surface area contributed by atoms with Crippen molar-refractivity contribution in [3.8, 4) is 0 Å². The Hall–Kier alpha value is -1.62. The standard InChI is InChI=1S/C19H30N2O2S/c1-4-7-9-15-11-13-16(14-12-15)20-19(24)21-17(10-8-5-2)18(22)23-6-3/h11-14,17H,4-10H2,1-3H3,(H2,20,21,24). The number of anilines is 1. The van der Waals surface area contributed by atoms with E-state index < -0.39 is 6.04 Å². The number of benzene rings is 1. The Morgan fingerprint density at radius 2 is 1.79 bits per heavy atom. The summed E-state index contributed by atoms with van der Waals surface area (Å²) in [6.45, 7) is 6.48.